The molecular weight excluding hydrogens is 445 g/mol. The van der Waals surface area contributed by atoms with Crippen LogP contribution in [0.1, 0.15) is 46.8 Å². The Balaban J connectivity index is 2.27. The summed E-state index contributed by atoms with van der Waals surface area (Å²) in [5.74, 6) is -0.0706. The smallest absolute Gasteiger partial charge is 0.359 e. The second-order valence-corrected chi connectivity index (χ2v) is 10.6. The zero-order valence-electron chi connectivity index (χ0n) is 18.8. The number of ether oxygens (including phenoxy) is 1. The molecule has 2 aromatic rings. The van der Waals surface area contributed by atoms with Crippen LogP contribution in [0.5, 0.6) is 0 Å². The van der Waals surface area contributed by atoms with E-state index < -0.39 is 43.0 Å². The number of nitrogens with two attached hydrogens (primary N) is 1. The van der Waals surface area contributed by atoms with Gasteiger partial charge in [0.1, 0.15) is 6.10 Å². The molecule has 0 aliphatic heterocycles. The summed E-state index contributed by atoms with van der Waals surface area (Å²) in [5, 5.41) is 27.8. The molecule has 4 atom stereocenters. The summed E-state index contributed by atoms with van der Waals surface area (Å²) in [7, 11) is -2.92. The van der Waals surface area contributed by atoms with Crippen LogP contribution in [-0.4, -0.2) is 69.6 Å². The summed E-state index contributed by atoms with van der Waals surface area (Å²) in [6.45, 7) is 4.98. The van der Waals surface area contributed by atoms with E-state index in [1.165, 1.54) is 31.8 Å². The quantitative estimate of drug-likeness (QED) is 0.275. The monoisotopic (exact) mass is 477 g/mol. The SMILES string of the molecule is CCC(C)(CCO[C@H]([C@H](O)CO)n1cnc2c(=O)n(C)c(N)nc21)OP(=O)(O)C(C)(C)O. The third kappa shape index (κ3) is 5.37. The number of aromatic nitrogens is 4. The Hall–Kier alpha value is -1.86. The van der Waals surface area contributed by atoms with E-state index in [4.69, 9.17) is 15.0 Å². The summed E-state index contributed by atoms with van der Waals surface area (Å²) < 4.78 is 26.0. The topological polar surface area (TPSA) is 195 Å². The highest BCUT2D eigenvalue weighted by atomic mass is 31.2. The van der Waals surface area contributed by atoms with E-state index in [-0.39, 0.29) is 30.1 Å². The van der Waals surface area contributed by atoms with Crippen LogP contribution in [0, 0.1) is 0 Å². The van der Waals surface area contributed by atoms with E-state index in [0.717, 1.165) is 4.57 Å². The van der Waals surface area contributed by atoms with E-state index in [1.807, 2.05) is 0 Å². The van der Waals surface area contributed by atoms with Crippen molar-refractivity contribution in [2.24, 2.45) is 7.05 Å². The standard InChI is InChI=1S/C18H32N5O8P/c1-6-18(4,31-32(28,29)17(2,3)27)7-8-30-15(11(25)9-24)23-10-20-12-13(23)21-16(19)22(5)14(12)26/h10-11,15,24-25,27H,6-9H2,1-5H3,(H2,19,21)(H,28,29)/t11-,15-,18?/m1/s1. The largest absolute Gasteiger partial charge is 0.394 e. The maximum Gasteiger partial charge on any atom is 0.359 e. The van der Waals surface area contributed by atoms with Gasteiger partial charge < -0.3 is 35.2 Å². The van der Waals surface area contributed by atoms with Gasteiger partial charge in [0, 0.05) is 13.5 Å². The van der Waals surface area contributed by atoms with Crippen LogP contribution in [0.2, 0.25) is 0 Å². The fraction of sp³-hybridized carbons (Fsp3) is 0.722. The van der Waals surface area contributed by atoms with Crippen LogP contribution in [0.4, 0.5) is 5.95 Å². The zero-order chi connectivity index (χ0) is 24.5. The molecular formula is C18H32N5O8P. The fourth-order valence-electron chi connectivity index (χ4n) is 2.81. The van der Waals surface area contributed by atoms with Crippen molar-refractivity contribution in [1.82, 2.24) is 19.1 Å². The van der Waals surface area contributed by atoms with Gasteiger partial charge in [-0.3, -0.25) is 18.5 Å². The first-order valence-corrected chi connectivity index (χ1v) is 11.6. The lowest BCUT2D eigenvalue weighted by atomic mass is 10.0. The molecule has 0 bridgehead atoms. The number of rotatable bonds is 11. The van der Waals surface area contributed by atoms with Crippen LogP contribution < -0.4 is 11.3 Å². The Labute approximate surface area is 185 Å². The molecule has 0 saturated heterocycles. The maximum absolute atomic E-state index is 12.4. The number of anilines is 1. The minimum absolute atomic E-state index is 0.00793. The molecule has 0 aliphatic carbocycles. The molecule has 0 spiro atoms. The first-order valence-electron chi connectivity index (χ1n) is 10.0. The normalized spacial score (nSPS) is 18.3. The van der Waals surface area contributed by atoms with Gasteiger partial charge in [-0.2, -0.15) is 4.98 Å². The number of hydrogen-bond donors (Lipinski definition) is 5. The first-order chi connectivity index (χ1) is 14.7. The molecule has 2 rings (SSSR count). The third-order valence-corrected chi connectivity index (χ3v) is 7.40. The lowest BCUT2D eigenvalue weighted by Gasteiger charge is -2.35. The summed E-state index contributed by atoms with van der Waals surface area (Å²) in [4.78, 5) is 30.6. The molecule has 13 nitrogen and oxygen atoms in total. The number of fused-ring (bicyclic) bond motifs is 1. The number of nitrogen functional groups attached to an aromatic ring is 1. The number of nitrogens with zero attached hydrogens (tertiary/aromatic N) is 4. The molecule has 0 fully saturated rings. The van der Waals surface area contributed by atoms with Crippen molar-refractivity contribution in [1.29, 1.82) is 0 Å². The van der Waals surface area contributed by atoms with Gasteiger partial charge in [-0.15, -0.1) is 0 Å². The molecule has 2 aromatic heterocycles. The second-order valence-electron chi connectivity index (χ2n) is 8.33. The maximum atomic E-state index is 12.4. The van der Waals surface area contributed by atoms with Gasteiger partial charge in [0.25, 0.3) is 5.56 Å². The molecule has 0 radical (unpaired) electrons. The molecule has 0 amide bonds. The van der Waals surface area contributed by atoms with Crippen molar-refractivity contribution in [3.8, 4) is 0 Å². The fourth-order valence-corrected chi connectivity index (χ4v) is 3.85. The molecule has 0 saturated carbocycles. The van der Waals surface area contributed by atoms with Gasteiger partial charge in [-0.1, -0.05) is 6.92 Å². The van der Waals surface area contributed by atoms with Crippen LogP contribution in [0.3, 0.4) is 0 Å². The predicted octanol–water partition coefficient (Wildman–Crippen LogP) is 0.0698. The minimum atomic E-state index is -4.37. The molecule has 14 heteroatoms. The minimum Gasteiger partial charge on any atom is -0.394 e. The van der Waals surface area contributed by atoms with E-state index in [0.29, 0.717) is 6.42 Å². The molecule has 182 valence electrons. The van der Waals surface area contributed by atoms with Crippen molar-refractivity contribution in [2.75, 3.05) is 18.9 Å². The molecule has 2 heterocycles. The van der Waals surface area contributed by atoms with Crippen molar-refractivity contribution in [3.05, 3.63) is 16.7 Å². The molecule has 2 unspecified atom stereocenters. The van der Waals surface area contributed by atoms with E-state index in [1.54, 1.807) is 13.8 Å². The zero-order valence-corrected chi connectivity index (χ0v) is 19.7. The average Bonchev–Trinajstić information content (AvgIpc) is 3.11. The Kier molecular flexibility index (Phi) is 7.88. The number of imidazole rings is 1. The van der Waals surface area contributed by atoms with E-state index >= 15 is 0 Å². The highest BCUT2D eigenvalue weighted by Crippen LogP contribution is 2.57. The Bertz CT molecular complexity index is 1050. The van der Waals surface area contributed by atoms with Gasteiger partial charge in [-0.05, 0) is 27.2 Å². The van der Waals surface area contributed by atoms with E-state index in [9.17, 15) is 29.6 Å². The van der Waals surface area contributed by atoms with Crippen LogP contribution >= 0.6 is 7.60 Å². The Morgan fingerprint density at radius 1 is 1.34 bits per heavy atom. The first kappa shape index (κ1) is 26.4. The Morgan fingerprint density at radius 2 is 1.97 bits per heavy atom. The predicted molar refractivity (Wildman–Crippen MR) is 116 cm³/mol. The highest BCUT2D eigenvalue weighted by Gasteiger charge is 2.44. The number of aliphatic hydroxyl groups is 3. The van der Waals surface area contributed by atoms with Gasteiger partial charge in [0.05, 0.1) is 25.1 Å². The van der Waals surface area contributed by atoms with Crippen molar-refractivity contribution < 1.29 is 34.0 Å². The lowest BCUT2D eigenvalue weighted by Crippen LogP contribution is -2.35. The summed E-state index contributed by atoms with van der Waals surface area (Å²) >= 11 is 0. The van der Waals surface area contributed by atoms with Crippen molar-refractivity contribution >= 4 is 24.7 Å². The second kappa shape index (κ2) is 9.56. The molecule has 0 aromatic carbocycles. The van der Waals surface area contributed by atoms with Gasteiger partial charge in [0.15, 0.2) is 22.7 Å². The number of hydrogen-bond acceptors (Lipinski definition) is 10. The molecule has 0 aliphatic rings. The summed E-state index contributed by atoms with van der Waals surface area (Å²) in [6, 6.07) is 0. The highest BCUT2D eigenvalue weighted by molar-refractivity contribution is 7.54. The summed E-state index contributed by atoms with van der Waals surface area (Å²) in [5.41, 5.74) is 4.22. The van der Waals surface area contributed by atoms with Gasteiger partial charge in [0.2, 0.25) is 5.95 Å². The van der Waals surface area contributed by atoms with Crippen molar-refractivity contribution in [3.63, 3.8) is 0 Å². The van der Waals surface area contributed by atoms with Gasteiger partial charge in [-0.25, -0.2) is 4.98 Å². The van der Waals surface area contributed by atoms with Crippen molar-refractivity contribution in [2.45, 2.75) is 63.8 Å². The average molecular weight is 477 g/mol. The van der Waals surface area contributed by atoms with E-state index in [2.05, 4.69) is 9.97 Å². The summed E-state index contributed by atoms with van der Waals surface area (Å²) in [6.07, 6.45) is -0.892. The van der Waals surface area contributed by atoms with Crippen LogP contribution in [0.25, 0.3) is 11.2 Å². The van der Waals surface area contributed by atoms with Gasteiger partial charge >= 0.3 is 7.60 Å². The molecule has 6 N–H and O–H groups in total. The number of aliphatic hydroxyl groups excluding tert-OH is 2. The lowest BCUT2D eigenvalue weighted by molar-refractivity contribution is -0.107. The molecule has 32 heavy (non-hydrogen) atoms. The Morgan fingerprint density at radius 3 is 2.50 bits per heavy atom. The van der Waals surface area contributed by atoms with Crippen LogP contribution in [0.15, 0.2) is 11.1 Å². The van der Waals surface area contributed by atoms with Crippen LogP contribution in [-0.2, 0) is 20.9 Å². The third-order valence-electron chi connectivity index (χ3n) is 5.33.